The van der Waals surface area contributed by atoms with Crippen LogP contribution in [0.2, 0.25) is 0 Å². The fraction of sp³-hybridized carbons (Fsp3) is 0.500. The van der Waals surface area contributed by atoms with Crippen LogP contribution in [0.3, 0.4) is 0 Å². The van der Waals surface area contributed by atoms with Crippen LogP contribution in [0.15, 0.2) is 29.2 Å². The van der Waals surface area contributed by atoms with Crippen molar-refractivity contribution in [3.8, 4) is 0 Å². The van der Waals surface area contributed by atoms with Gasteiger partial charge in [0.2, 0.25) is 10.0 Å². The number of carboxylic acid groups (broad SMARTS) is 1. The lowest BCUT2D eigenvalue weighted by Gasteiger charge is -2.37. The zero-order valence-electron chi connectivity index (χ0n) is 11.9. The number of para-hydroxylation sites is 1. The highest BCUT2D eigenvalue weighted by molar-refractivity contribution is 7.89. The largest absolute Gasteiger partial charge is 0.481 e. The number of nitrogens with zero attached hydrogens (tertiary/aromatic N) is 1. The van der Waals surface area contributed by atoms with Crippen LogP contribution in [0, 0.1) is 0 Å². The molecule has 1 fully saturated rings. The first kappa shape index (κ1) is 15.8. The van der Waals surface area contributed by atoms with Crippen LogP contribution in [-0.2, 0) is 14.8 Å². The van der Waals surface area contributed by atoms with Gasteiger partial charge >= 0.3 is 5.97 Å². The van der Waals surface area contributed by atoms with Gasteiger partial charge in [-0.15, -0.1) is 0 Å². The number of benzene rings is 1. The van der Waals surface area contributed by atoms with E-state index in [-0.39, 0.29) is 17.4 Å². The van der Waals surface area contributed by atoms with Crippen LogP contribution < -0.4 is 9.62 Å². The molecule has 0 aromatic heterocycles. The molecule has 1 unspecified atom stereocenters. The average molecular weight is 312 g/mol. The highest BCUT2D eigenvalue weighted by atomic mass is 32.2. The summed E-state index contributed by atoms with van der Waals surface area (Å²) in [7, 11) is -2.20. The Morgan fingerprint density at radius 3 is 2.76 bits per heavy atom. The number of piperidine rings is 1. The van der Waals surface area contributed by atoms with Crippen molar-refractivity contribution < 1.29 is 18.3 Å². The Balaban J connectivity index is 2.42. The Kier molecular flexibility index (Phi) is 4.84. The second-order valence-electron chi connectivity index (χ2n) is 5.12. The van der Waals surface area contributed by atoms with Crippen molar-refractivity contribution in [2.75, 3.05) is 18.5 Å². The first-order valence-corrected chi connectivity index (χ1v) is 8.45. The summed E-state index contributed by atoms with van der Waals surface area (Å²) in [6.45, 7) is 0.675. The van der Waals surface area contributed by atoms with Crippen LogP contribution in [0.4, 0.5) is 5.69 Å². The highest BCUT2D eigenvalue weighted by Gasteiger charge is 2.28. The first-order valence-electron chi connectivity index (χ1n) is 6.96. The van der Waals surface area contributed by atoms with Gasteiger partial charge in [0.25, 0.3) is 0 Å². The molecule has 1 atom stereocenters. The van der Waals surface area contributed by atoms with E-state index in [0.29, 0.717) is 12.2 Å². The Morgan fingerprint density at radius 2 is 2.10 bits per heavy atom. The fourth-order valence-corrected chi connectivity index (χ4v) is 3.70. The van der Waals surface area contributed by atoms with Gasteiger partial charge in [0.1, 0.15) is 4.90 Å². The first-order chi connectivity index (χ1) is 9.95. The van der Waals surface area contributed by atoms with Gasteiger partial charge in [-0.1, -0.05) is 12.1 Å². The number of sulfonamides is 1. The predicted molar refractivity (Wildman–Crippen MR) is 79.9 cm³/mol. The second kappa shape index (κ2) is 6.44. The van der Waals surface area contributed by atoms with E-state index in [1.807, 2.05) is 4.90 Å². The third kappa shape index (κ3) is 3.54. The number of rotatable bonds is 5. The van der Waals surface area contributed by atoms with E-state index < -0.39 is 16.0 Å². The Bertz CT molecular complexity index is 615. The van der Waals surface area contributed by atoms with Crippen LogP contribution >= 0.6 is 0 Å². The monoisotopic (exact) mass is 312 g/mol. The molecular formula is C14H20N2O4S. The molecule has 2 N–H and O–H groups in total. The van der Waals surface area contributed by atoms with Crippen molar-refractivity contribution >= 4 is 21.7 Å². The predicted octanol–water partition coefficient (Wildman–Crippen LogP) is 1.43. The molecule has 1 aromatic carbocycles. The van der Waals surface area contributed by atoms with Crippen molar-refractivity contribution in [1.29, 1.82) is 0 Å². The number of anilines is 1. The summed E-state index contributed by atoms with van der Waals surface area (Å²) in [6.07, 6.45) is 2.69. The van der Waals surface area contributed by atoms with Gasteiger partial charge in [-0.05, 0) is 38.4 Å². The highest BCUT2D eigenvalue weighted by Crippen LogP contribution is 2.31. The molecule has 1 aliphatic heterocycles. The van der Waals surface area contributed by atoms with E-state index in [0.717, 1.165) is 19.3 Å². The topological polar surface area (TPSA) is 86.7 Å². The van der Waals surface area contributed by atoms with Crippen LogP contribution in [-0.4, -0.2) is 39.1 Å². The fourth-order valence-electron chi connectivity index (χ4n) is 2.76. The summed E-state index contributed by atoms with van der Waals surface area (Å²) in [5, 5.41) is 9.05. The van der Waals surface area contributed by atoms with Gasteiger partial charge in [0.15, 0.2) is 0 Å². The maximum atomic E-state index is 12.1. The Morgan fingerprint density at radius 1 is 1.38 bits per heavy atom. The second-order valence-corrected chi connectivity index (χ2v) is 6.97. The van der Waals surface area contributed by atoms with Crippen LogP contribution in [0.1, 0.15) is 25.7 Å². The number of nitrogens with one attached hydrogen (secondary N) is 1. The molecule has 1 aliphatic rings. The molecule has 0 radical (unpaired) electrons. The standard InChI is InChI=1S/C14H20N2O4S/c1-15-21(19,20)13-8-3-2-7-12(13)16-9-5-4-6-11(16)10-14(17)18/h2-3,7-8,11,15H,4-6,9-10H2,1H3,(H,17,18). The van der Waals surface area contributed by atoms with Crippen molar-refractivity contribution in [3.05, 3.63) is 24.3 Å². The molecule has 2 rings (SSSR count). The molecule has 0 spiro atoms. The zero-order chi connectivity index (χ0) is 15.5. The lowest BCUT2D eigenvalue weighted by Crippen LogP contribution is -2.42. The molecule has 21 heavy (non-hydrogen) atoms. The van der Waals surface area contributed by atoms with Crippen LogP contribution in [0.25, 0.3) is 0 Å². The normalized spacial score (nSPS) is 19.5. The summed E-state index contributed by atoms with van der Waals surface area (Å²) in [5.41, 5.74) is 0.581. The molecular weight excluding hydrogens is 292 g/mol. The Hall–Kier alpha value is -1.60. The summed E-state index contributed by atoms with van der Waals surface area (Å²) >= 11 is 0. The lowest BCUT2D eigenvalue weighted by molar-refractivity contribution is -0.137. The minimum absolute atomic E-state index is 0.0218. The molecule has 1 saturated heterocycles. The number of carboxylic acids is 1. The smallest absolute Gasteiger partial charge is 0.305 e. The van der Waals surface area contributed by atoms with Crippen molar-refractivity contribution in [1.82, 2.24) is 4.72 Å². The SMILES string of the molecule is CNS(=O)(=O)c1ccccc1N1CCCCC1CC(=O)O. The molecule has 1 aromatic rings. The van der Waals surface area contributed by atoms with Gasteiger partial charge in [-0.2, -0.15) is 0 Å². The maximum Gasteiger partial charge on any atom is 0.305 e. The van der Waals surface area contributed by atoms with E-state index in [1.165, 1.54) is 7.05 Å². The van der Waals surface area contributed by atoms with Gasteiger partial charge < -0.3 is 10.0 Å². The Labute approximate surface area is 124 Å². The van der Waals surface area contributed by atoms with Gasteiger partial charge in [0, 0.05) is 12.6 Å². The minimum atomic E-state index is -3.57. The third-order valence-electron chi connectivity index (χ3n) is 3.77. The third-order valence-corrected chi connectivity index (χ3v) is 5.23. The summed E-state index contributed by atoms with van der Waals surface area (Å²) in [5.74, 6) is -0.860. The van der Waals surface area contributed by atoms with Gasteiger partial charge in [-0.3, -0.25) is 4.79 Å². The lowest BCUT2D eigenvalue weighted by atomic mass is 9.98. The minimum Gasteiger partial charge on any atom is -0.481 e. The van der Waals surface area contributed by atoms with E-state index >= 15 is 0 Å². The molecule has 0 aliphatic carbocycles. The van der Waals surface area contributed by atoms with E-state index in [1.54, 1.807) is 24.3 Å². The summed E-state index contributed by atoms with van der Waals surface area (Å²) in [4.78, 5) is 13.1. The van der Waals surface area contributed by atoms with Crippen molar-refractivity contribution in [3.63, 3.8) is 0 Å². The summed E-state index contributed by atoms with van der Waals surface area (Å²) in [6, 6.07) is 6.57. The molecule has 6 nitrogen and oxygen atoms in total. The van der Waals surface area contributed by atoms with E-state index in [4.69, 9.17) is 5.11 Å². The van der Waals surface area contributed by atoms with E-state index in [9.17, 15) is 13.2 Å². The molecule has 116 valence electrons. The quantitative estimate of drug-likeness (QED) is 0.859. The van der Waals surface area contributed by atoms with Crippen molar-refractivity contribution in [2.24, 2.45) is 0 Å². The van der Waals surface area contributed by atoms with Gasteiger partial charge in [-0.25, -0.2) is 13.1 Å². The maximum absolute atomic E-state index is 12.1. The van der Waals surface area contributed by atoms with E-state index in [2.05, 4.69) is 4.72 Å². The molecule has 7 heteroatoms. The number of hydrogen-bond acceptors (Lipinski definition) is 4. The summed E-state index contributed by atoms with van der Waals surface area (Å²) < 4.78 is 26.6. The molecule has 0 saturated carbocycles. The zero-order valence-corrected chi connectivity index (χ0v) is 12.8. The van der Waals surface area contributed by atoms with Crippen LogP contribution in [0.5, 0.6) is 0 Å². The number of hydrogen-bond donors (Lipinski definition) is 2. The molecule has 1 heterocycles. The van der Waals surface area contributed by atoms with Crippen molar-refractivity contribution in [2.45, 2.75) is 36.6 Å². The average Bonchev–Trinajstić information content (AvgIpc) is 2.47. The molecule has 0 bridgehead atoms. The number of aliphatic carboxylic acids is 1. The molecule has 0 amide bonds. The number of carbonyl (C=O) groups is 1. The van der Waals surface area contributed by atoms with Gasteiger partial charge in [0.05, 0.1) is 12.1 Å².